The summed E-state index contributed by atoms with van der Waals surface area (Å²) >= 11 is 0. The van der Waals surface area contributed by atoms with Gasteiger partial charge in [-0.2, -0.15) is 18.3 Å². The van der Waals surface area contributed by atoms with E-state index in [-0.39, 0.29) is 11.6 Å². The molecule has 0 amide bonds. The molecule has 34 heavy (non-hydrogen) atoms. The van der Waals surface area contributed by atoms with E-state index in [9.17, 15) is 13.2 Å². The van der Waals surface area contributed by atoms with E-state index in [0.29, 0.717) is 30.3 Å². The van der Waals surface area contributed by atoms with E-state index in [2.05, 4.69) is 26.9 Å². The number of anilines is 1. The number of alkyl halides is 3. The van der Waals surface area contributed by atoms with E-state index >= 15 is 0 Å². The van der Waals surface area contributed by atoms with Gasteiger partial charge in [-0.15, -0.1) is 0 Å². The second kappa shape index (κ2) is 9.87. The molecule has 4 rings (SSSR count). The van der Waals surface area contributed by atoms with Gasteiger partial charge in [0.25, 0.3) is 0 Å². The molecule has 0 aliphatic carbocycles. The van der Waals surface area contributed by atoms with Crippen LogP contribution in [0.1, 0.15) is 35.8 Å². The number of nitrogens with zero attached hydrogens (tertiary/aromatic N) is 8. The van der Waals surface area contributed by atoms with Crippen LogP contribution in [-0.4, -0.2) is 80.8 Å². The zero-order valence-corrected chi connectivity index (χ0v) is 20.0. The second-order valence-corrected chi connectivity index (χ2v) is 8.91. The number of aromatic nitrogens is 6. The molecule has 3 aromatic rings. The van der Waals surface area contributed by atoms with Gasteiger partial charge in [0.1, 0.15) is 12.4 Å². The largest absolute Gasteiger partial charge is 0.406 e. The van der Waals surface area contributed by atoms with Gasteiger partial charge in [0, 0.05) is 51.5 Å². The number of aryl methyl sites for hydroxylation is 1. The molecule has 0 spiro atoms. The average Bonchev–Trinajstić information content (AvgIpc) is 3.34. The Morgan fingerprint density at radius 1 is 1.21 bits per heavy atom. The van der Waals surface area contributed by atoms with E-state index in [1.807, 2.05) is 29.9 Å². The Bertz CT molecular complexity index is 1120. The molecule has 0 radical (unpaired) electrons. The summed E-state index contributed by atoms with van der Waals surface area (Å²) in [6, 6.07) is 0. The van der Waals surface area contributed by atoms with Crippen molar-refractivity contribution in [3.63, 3.8) is 0 Å². The van der Waals surface area contributed by atoms with Gasteiger partial charge < -0.3 is 14.2 Å². The van der Waals surface area contributed by atoms with Crippen LogP contribution >= 0.6 is 0 Å². The molecule has 0 aromatic carbocycles. The molecule has 0 atom stereocenters. The Hall–Kier alpha value is -2.73. The van der Waals surface area contributed by atoms with Crippen molar-refractivity contribution >= 4 is 17.0 Å². The quantitative estimate of drug-likeness (QED) is 0.491. The number of rotatable bonds is 8. The molecule has 1 aliphatic rings. The number of hydrogen-bond donors (Lipinski definition) is 0. The van der Waals surface area contributed by atoms with Crippen LogP contribution in [0, 0.1) is 6.92 Å². The Morgan fingerprint density at radius 2 is 1.94 bits per heavy atom. The zero-order valence-electron chi connectivity index (χ0n) is 20.0. The minimum Gasteiger partial charge on any atom is -0.383 e. The number of likely N-dealkylation sites (N-methyl/N-ethyl adjacent to an activating group) is 1. The van der Waals surface area contributed by atoms with Crippen molar-refractivity contribution in [3.8, 4) is 0 Å². The van der Waals surface area contributed by atoms with Gasteiger partial charge >= 0.3 is 6.18 Å². The third-order valence-electron chi connectivity index (χ3n) is 6.49. The molecule has 186 valence electrons. The van der Waals surface area contributed by atoms with Crippen molar-refractivity contribution in [1.82, 2.24) is 34.2 Å². The number of imidazole rings is 1. The van der Waals surface area contributed by atoms with E-state index in [0.717, 1.165) is 42.7 Å². The highest BCUT2D eigenvalue weighted by Crippen LogP contribution is 2.31. The fourth-order valence-electron chi connectivity index (χ4n) is 4.33. The highest BCUT2D eigenvalue weighted by Gasteiger charge is 2.31. The van der Waals surface area contributed by atoms with Crippen LogP contribution in [0.5, 0.6) is 0 Å². The Labute approximate surface area is 196 Å². The highest BCUT2D eigenvalue weighted by atomic mass is 19.4. The maximum absolute atomic E-state index is 13.1. The van der Waals surface area contributed by atoms with Gasteiger partial charge in [-0.25, -0.2) is 15.0 Å². The normalized spacial score (nSPS) is 16.0. The first-order chi connectivity index (χ1) is 16.2. The molecule has 4 heterocycles. The van der Waals surface area contributed by atoms with E-state index in [4.69, 9.17) is 9.72 Å². The second-order valence-electron chi connectivity index (χ2n) is 8.91. The van der Waals surface area contributed by atoms with E-state index in [1.165, 1.54) is 11.9 Å². The average molecular weight is 481 g/mol. The third kappa shape index (κ3) is 5.33. The van der Waals surface area contributed by atoms with Gasteiger partial charge in [-0.1, -0.05) is 0 Å². The lowest BCUT2D eigenvalue weighted by Gasteiger charge is -2.31. The first kappa shape index (κ1) is 24.4. The van der Waals surface area contributed by atoms with Gasteiger partial charge in [-0.3, -0.25) is 9.58 Å². The summed E-state index contributed by atoms with van der Waals surface area (Å²) in [5, 5.41) is 4.32. The number of piperidine rings is 1. The molecule has 1 fully saturated rings. The lowest BCUT2D eigenvalue weighted by molar-refractivity contribution is -0.140. The first-order valence-corrected chi connectivity index (χ1v) is 11.4. The minimum atomic E-state index is -4.36. The monoisotopic (exact) mass is 480 g/mol. The van der Waals surface area contributed by atoms with Crippen LogP contribution < -0.4 is 4.90 Å². The van der Waals surface area contributed by atoms with Crippen LogP contribution in [-0.2, 0) is 24.9 Å². The lowest BCUT2D eigenvalue weighted by atomic mass is 9.95. The first-order valence-electron chi connectivity index (χ1n) is 11.4. The Kier molecular flexibility index (Phi) is 7.08. The van der Waals surface area contributed by atoms with Crippen molar-refractivity contribution in [2.75, 3.05) is 45.3 Å². The van der Waals surface area contributed by atoms with Crippen LogP contribution in [0.3, 0.4) is 0 Å². The molecule has 12 heteroatoms. The molecular formula is C22H31F3N8O. The molecule has 0 unspecified atom stereocenters. The molecule has 0 N–H and O–H groups in total. The lowest BCUT2D eigenvalue weighted by Crippen LogP contribution is -2.33. The van der Waals surface area contributed by atoms with Crippen molar-refractivity contribution in [2.45, 2.75) is 44.9 Å². The summed E-state index contributed by atoms with van der Waals surface area (Å²) in [4.78, 5) is 17.8. The van der Waals surface area contributed by atoms with Crippen molar-refractivity contribution in [2.24, 2.45) is 7.05 Å². The van der Waals surface area contributed by atoms with Gasteiger partial charge in [-0.05, 0) is 32.9 Å². The number of methoxy groups -OCH3 is 1. The van der Waals surface area contributed by atoms with Crippen molar-refractivity contribution in [1.29, 1.82) is 0 Å². The molecule has 0 bridgehead atoms. The summed E-state index contributed by atoms with van der Waals surface area (Å²) in [5.41, 5.74) is 2.94. The summed E-state index contributed by atoms with van der Waals surface area (Å²) in [6.07, 6.45) is 0.404. The predicted octanol–water partition coefficient (Wildman–Crippen LogP) is 2.89. The zero-order chi connectivity index (χ0) is 24.5. The maximum atomic E-state index is 13.1. The number of ether oxygens (including phenoxy) is 1. The number of fused-ring (bicyclic) bond motifs is 1. The number of hydrogen-bond acceptors (Lipinski definition) is 7. The number of halogens is 3. The number of likely N-dealkylation sites (tertiary alicyclic amines) is 1. The molecule has 9 nitrogen and oxygen atoms in total. The molecular weight excluding hydrogens is 449 g/mol. The Morgan fingerprint density at radius 3 is 2.56 bits per heavy atom. The van der Waals surface area contributed by atoms with E-state index < -0.39 is 12.7 Å². The van der Waals surface area contributed by atoms with Crippen molar-refractivity contribution < 1.29 is 17.9 Å². The predicted molar refractivity (Wildman–Crippen MR) is 122 cm³/mol. The molecule has 1 saturated heterocycles. The summed E-state index contributed by atoms with van der Waals surface area (Å²) in [5.74, 6) is 1.18. The van der Waals surface area contributed by atoms with Gasteiger partial charge in [0.2, 0.25) is 0 Å². The van der Waals surface area contributed by atoms with Gasteiger partial charge in [0.15, 0.2) is 17.0 Å². The van der Waals surface area contributed by atoms with Crippen LogP contribution in [0.4, 0.5) is 19.0 Å². The van der Waals surface area contributed by atoms with Crippen LogP contribution in [0.25, 0.3) is 11.2 Å². The van der Waals surface area contributed by atoms with Crippen molar-refractivity contribution in [3.05, 3.63) is 29.6 Å². The molecule has 1 aliphatic heterocycles. The van der Waals surface area contributed by atoms with E-state index in [1.54, 1.807) is 7.11 Å². The standard InChI is InChI=1S/C22H31F3N8O/c1-15-17(11-27-31(15)3)12-32-7-5-16(6-8-32)19-28-20(30(2)9-10-34-4)18-21(29-19)33(14-26-18)13-22(23,24)25/h11,14,16H,5-10,12-13H2,1-4H3. The highest BCUT2D eigenvalue weighted by molar-refractivity contribution is 5.83. The fourth-order valence-corrected chi connectivity index (χ4v) is 4.33. The molecule has 3 aromatic heterocycles. The smallest absolute Gasteiger partial charge is 0.383 e. The summed E-state index contributed by atoms with van der Waals surface area (Å²) in [7, 11) is 5.38. The summed E-state index contributed by atoms with van der Waals surface area (Å²) < 4.78 is 47.5. The summed E-state index contributed by atoms with van der Waals surface area (Å²) in [6.45, 7) is 4.47. The van der Waals surface area contributed by atoms with Gasteiger partial charge in [0.05, 0.1) is 19.1 Å². The topological polar surface area (TPSA) is 77.1 Å². The van der Waals surface area contributed by atoms with Crippen LogP contribution in [0.15, 0.2) is 12.5 Å². The molecule has 0 saturated carbocycles. The SMILES string of the molecule is COCCN(C)c1nc(C2CCN(Cc3cnn(C)c3C)CC2)nc2c1ncn2CC(F)(F)F. The maximum Gasteiger partial charge on any atom is 0.406 e. The van der Waals surface area contributed by atoms with Crippen LogP contribution in [0.2, 0.25) is 0 Å². The fraction of sp³-hybridized carbons (Fsp3) is 0.636. The third-order valence-corrected chi connectivity index (χ3v) is 6.49. The minimum absolute atomic E-state index is 0.0689. The Balaban J connectivity index is 1.57.